The number of furan rings is 1. The molecule has 5 heteroatoms. The number of halogens is 3. The summed E-state index contributed by atoms with van der Waals surface area (Å²) in [5, 5.41) is 0. The van der Waals surface area contributed by atoms with Gasteiger partial charge in [-0.3, -0.25) is 0 Å². The van der Waals surface area contributed by atoms with Crippen LogP contribution >= 0.6 is 0 Å². The fourth-order valence-corrected chi connectivity index (χ4v) is 0.706. The third-order valence-electron chi connectivity index (χ3n) is 1.25. The van der Waals surface area contributed by atoms with Gasteiger partial charge in [0.2, 0.25) is 0 Å². The molecule has 0 fully saturated rings. The topological polar surface area (TPSA) is 13.1 Å². The first-order chi connectivity index (χ1) is 4.52. The lowest BCUT2D eigenvalue weighted by Gasteiger charge is -2.11. The normalized spacial score (nSPS) is 12.0. The van der Waals surface area contributed by atoms with Crippen LogP contribution in [0, 0.1) is 6.92 Å². The first kappa shape index (κ1) is 7.24. The molecule has 0 aromatic carbocycles. The fourth-order valence-electron chi connectivity index (χ4n) is 0.706. The molecule has 1 nitrogen and oxygen atoms in total. The summed E-state index contributed by atoms with van der Waals surface area (Å²) in [6.07, 6.45) is 1.82. The van der Waals surface area contributed by atoms with Crippen LogP contribution in [0.15, 0.2) is 16.9 Å². The Labute approximate surface area is 55.9 Å². The van der Waals surface area contributed by atoms with E-state index in [0.29, 0.717) is 0 Å². The van der Waals surface area contributed by atoms with Crippen molar-refractivity contribution in [2.75, 3.05) is 0 Å². The highest BCUT2D eigenvalue weighted by atomic mass is 19.4. The average Bonchev–Trinajstić information content (AvgIpc) is 2.11. The quantitative estimate of drug-likeness (QED) is 0.553. The molecule has 10 heavy (non-hydrogen) atoms. The van der Waals surface area contributed by atoms with Gasteiger partial charge in [-0.25, -0.2) is 0 Å². The van der Waals surface area contributed by atoms with Crippen molar-refractivity contribution in [2.45, 2.75) is 6.92 Å². The van der Waals surface area contributed by atoms with Crippen LogP contribution in [0.1, 0.15) is 5.56 Å². The van der Waals surface area contributed by atoms with Crippen LogP contribution in [0.4, 0.5) is 12.9 Å². The molecule has 0 aliphatic carbocycles. The summed E-state index contributed by atoms with van der Waals surface area (Å²) in [5.41, 5.74) is -0.493. The maximum Gasteiger partial charge on any atom is 0.513 e. The largest absolute Gasteiger partial charge is 0.513 e. The predicted octanol–water partition coefficient (Wildman–Crippen LogP) is 1.64. The second-order valence-corrected chi connectivity index (χ2v) is 2.08. The van der Waals surface area contributed by atoms with E-state index in [9.17, 15) is 12.9 Å². The van der Waals surface area contributed by atoms with Crippen molar-refractivity contribution in [1.29, 1.82) is 0 Å². The standard InChI is InChI=1S/C5H5BF3O/c1-4-2-10-3-5(4)6(7,8)9/h2-3H,1H3/q-1. The van der Waals surface area contributed by atoms with E-state index in [1.807, 2.05) is 0 Å². The van der Waals surface area contributed by atoms with Gasteiger partial charge in [0.1, 0.15) is 0 Å². The molecule has 0 aliphatic heterocycles. The third kappa shape index (κ3) is 1.17. The molecule has 56 valence electrons. The Morgan fingerprint density at radius 3 is 2.10 bits per heavy atom. The smallest absolute Gasteiger partial charge is 0.475 e. The number of aryl methyl sites for hydroxylation is 1. The Morgan fingerprint density at radius 2 is 1.90 bits per heavy atom. The summed E-state index contributed by atoms with van der Waals surface area (Å²) in [7, 11) is 0. The molecule has 0 N–H and O–H groups in total. The predicted molar refractivity (Wildman–Crippen MR) is 32.2 cm³/mol. The maximum atomic E-state index is 11.9. The van der Waals surface area contributed by atoms with Crippen LogP contribution in [0.3, 0.4) is 0 Å². The highest BCUT2D eigenvalue weighted by Gasteiger charge is 2.28. The molecule has 0 amide bonds. The molecular weight excluding hydrogens is 144 g/mol. The lowest BCUT2D eigenvalue weighted by atomic mass is 9.80. The van der Waals surface area contributed by atoms with Gasteiger partial charge in [0.15, 0.2) is 0 Å². The van der Waals surface area contributed by atoms with Gasteiger partial charge < -0.3 is 17.4 Å². The van der Waals surface area contributed by atoms with Gasteiger partial charge in [-0.2, -0.15) is 0 Å². The fraction of sp³-hybridized carbons (Fsp3) is 0.200. The van der Waals surface area contributed by atoms with Crippen LogP contribution in [-0.4, -0.2) is 6.98 Å². The third-order valence-corrected chi connectivity index (χ3v) is 1.25. The van der Waals surface area contributed by atoms with E-state index in [2.05, 4.69) is 4.42 Å². The molecule has 1 heterocycles. The van der Waals surface area contributed by atoms with Crippen LogP contribution < -0.4 is 5.46 Å². The number of hydrogen-bond acceptors (Lipinski definition) is 1. The zero-order valence-corrected chi connectivity index (χ0v) is 5.27. The van der Waals surface area contributed by atoms with Crippen molar-refractivity contribution >= 4 is 12.4 Å². The van der Waals surface area contributed by atoms with Gasteiger partial charge in [-0.05, 0) is 12.5 Å². The molecule has 1 aromatic heterocycles. The Balaban J connectivity index is 3.05. The van der Waals surface area contributed by atoms with Crippen LogP contribution in [0.5, 0.6) is 0 Å². The van der Waals surface area contributed by atoms with E-state index >= 15 is 0 Å². The van der Waals surface area contributed by atoms with Crippen molar-refractivity contribution in [2.24, 2.45) is 0 Å². The molecule has 0 aliphatic rings. The average molecular weight is 149 g/mol. The summed E-state index contributed by atoms with van der Waals surface area (Å²) in [4.78, 5) is 0. The second-order valence-electron chi connectivity index (χ2n) is 2.08. The Bertz CT molecular complexity index is 227. The van der Waals surface area contributed by atoms with Crippen LogP contribution in [-0.2, 0) is 0 Å². The van der Waals surface area contributed by atoms with Gasteiger partial charge in [0.05, 0.1) is 12.5 Å². The highest BCUT2D eigenvalue weighted by molar-refractivity contribution is 6.73. The summed E-state index contributed by atoms with van der Waals surface area (Å²) < 4.78 is 40.0. The molecule has 0 saturated heterocycles. The van der Waals surface area contributed by atoms with Gasteiger partial charge in [-0.1, -0.05) is 5.46 Å². The molecule has 0 atom stereocenters. The first-order valence-electron chi connectivity index (χ1n) is 2.74. The molecule has 1 aromatic rings. The molecular formula is C5H5BF3O-. The monoisotopic (exact) mass is 149 g/mol. The lowest BCUT2D eigenvalue weighted by molar-refractivity contribution is 0.498. The van der Waals surface area contributed by atoms with Crippen molar-refractivity contribution < 1.29 is 17.4 Å². The zero-order valence-electron chi connectivity index (χ0n) is 5.27. The molecule has 0 radical (unpaired) electrons. The minimum atomic E-state index is -4.88. The van der Waals surface area contributed by atoms with Crippen LogP contribution in [0.2, 0.25) is 0 Å². The van der Waals surface area contributed by atoms with Crippen LogP contribution in [0.25, 0.3) is 0 Å². The summed E-state index contributed by atoms with van der Waals surface area (Å²) >= 11 is 0. The Hall–Kier alpha value is -0.865. The van der Waals surface area contributed by atoms with E-state index in [-0.39, 0.29) is 5.56 Å². The lowest BCUT2D eigenvalue weighted by Crippen LogP contribution is -2.34. The van der Waals surface area contributed by atoms with Gasteiger partial charge in [-0.15, -0.1) is 0 Å². The van der Waals surface area contributed by atoms with E-state index in [0.717, 1.165) is 12.5 Å². The van der Waals surface area contributed by atoms with Crippen molar-refractivity contribution in [3.63, 3.8) is 0 Å². The van der Waals surface area contributed by atoms with E-state index in [1.54, 1.807) is 0 Å². The highest BCUT2D eigenvalue weighted by Crippen LogP contribution is 2.11. The summed E-state index contributed by atoms with van der Waals surface area (Å²) in [6, 6.07) is 0. The Morgan fingerprint density at radius 1 is 1.30 bits per heavy atom. The van der Waals surface area contributed by atoms with Crippen molar-refractivity contribution in [3.8, 4) is 0 Å². The zero-order chi connectivity index (χ0) is 7.78. The van der Waals surface area contributed by atoms with Crippen molar-refractivity contribution in [3.05, 3.63) is 18.1 Å². The molecule has 0 spiro atoms. The van der Waals surface area contributed by atoms with Gasteiger partial charge in [0, 0.05) is 0 Å². The van der Waals surface area contributed by atoms with E-state index < -0.39 is 12.4 Å². The van der Waals surface area contributed by atoms with Gasteiger partial charge in [0.25, 0.3) is 0 Å². The molecule has 1 rings (SSSR count). The summed E-state index contributed by atoms with van der Waals surface area (Å²) in [5.74, 6) is 0. The summed E-state index contributed by atoms with van der Waals surface area (Å²) in [6.45, 7) is -3.51. The molecule has 0 saturated carbocycles. The van der Waals surface area contributed by atoms with E-state index in [4.69, 9.17) is 0 Å². The Kier molecular flexibility index (Phi) is 1.50. The first-order valence-corrected chi connectivity index (χ1v) is 2.74. The second kappa shape index (κ2) is 2.07. The van der Waals surface area contributed by atoms with E-state index in [1.165, 1.54) is 6.92 Å². The maximum absolute atomic E-state index is 11.9. The number of rotatable bonds is 1. The van der Waals surface area contributed by atoms with Crippen molar-refractivity contribution in [1.82, 2.24) is 0 Å². The SMILES string of the molecule is Cc1cocc1[B-](F)(F)F. The molecule has 0 unspecified atom stereocenters. The minimum Gasteiger partial charge on any atom is -0.475 e. The molecule has 0 bridgehead atoms. The number of hydrogen-bond donors (Lipinski definition) is 0. The minimum absolute atomic E-state index is 0.146. The van der Waals surface area contributed by atoms with Gasteiger partial charge >= 0.3 is 6.98 Å².